The third kappa shape index (κ3) is 6.60. The number of hydrogen-bond acceptors (Lipinski definition) is 3. The Labute approximate surface area is 242 Å². The second-order valence-electron chi connectivity index (χ2n) is 8.97. The third-order valence-corrected chi connectivity index (χ3v) is 9.36. The fourth-order valence-corrected chi connectivity index (χ4v) is 7.09. The van der Waals surface area contributed by atoms with Gasteiger partial charge in [-0.05, 0) is 109 Å². The minimum absolute atomic E-state index is 0.228. The maximum Gasteiger partial charge on any atom is 0.166 e. The summed E-state index contributed by atoms with van der Waals surface area (Å²) in [6.07, 6.45) is 0. The van der Waals surface area contributed by atoms with Crippen LogP contribution in [0.3, 0.4) is 0 Å². The van der Waals surface area contributed by atoms with Crippen LogP contribution in [0.4, 0.5) is 0 Å². The highest BCUT2D eigenvalue weighted by atomic mass is 32.2. The maximum absolute atomic E-state index is 6.03. The Kier molecular flexibility index (Phi) is 8.18. The van der Waals surface area contributed by atoms with E-state index in [1.54, 1.807) is 11.8 Å². The van der Waals surface area contributed by atoms with Gasteiger partial charge in [0.1, 0.15) is 23.0 Å². The van der Waals surface area contributed by atoms with Crippen molar-refractivity contribution in [1.82, 2.24) is 0 Å². The molecule has 6 aromatic rings. The van der Waals surface area contributed by atoms with Gasteiger partial charge in [0, 0.05) is 9.79 Å². The average Bonchev–Trinajstić information content (AvgIpc) is 3.02. The second-order valence-corrected chi connectivity index (χ2v) is 12.1. The van der Waals surface area contributed by atoms with E-state index in [2.05, 4.69) is 91.0 Å². The molecule has 0 aliphatic heterocycles. The van der Waals surface area contributed by atoms with Gasteiger partial charge in [0.05, 0.1) is 10.9 Å². The molecule has 0 spiro atoms. The van der Waals surface area contributed by atoms with Crippen LogP contribution < -0.4 is 9.47 Å². The first-order valence-corrected chi connectivity index (χ1v) is 15.1. The van der Waals surface area contributed by atoms with Gasteiger partial charge < -0.3 is 9.47 Å². The molecule has 6 aromatic carbocycles. The molecule has 0 saturated carbocycles. The van der Waals surface area contributed by atoms with E-state index in [4.69, 9.17) is 9.47 Å². The zero-order chi connectivity index (χ0) is 27.0. The lowest BCUT2D eigenvalue weighted by Gasteiger charge is -2.10. The Morgan fingerprint density at radius 1 is 0.325 bits per heavy atom. The molecule has 1 atom stereocenters. The summed E-state index contributed by atoms with van der Waals surface area (Å²) in [5, 5.41) is 0. The standard InChI is InChI=1S/C36H27O2S2/c1-4-10-28(11-5-1)37-30-16-20-32(21-17-30)39-33-22-26-36(27-23-33)40(34-14-8-3-9-15-34)35-24-18-31(19-25-35)38-29-12-6-2-7-13-29/h1-27H/q+1. The molecule has 0 saturated heterocycles. The fourth-order valence-electron chi connectivity index (χ4n) is 4.21. The van der Waals surface area contributed by atoms with E-state index < -0.39 is 0 Å². The van der Waals surface area contributed by atoms with Gasteiger partial charge in [-0.3, -0.25) is 0 Å². The van der Waals surface area contributed by atoms with Gasteiger partial charge in [-0.2, -0.15) is 0 Å². The molecule has 0 bridgehead atoms. The fraction of sp³-hybridized carbons (Fsp3) is 0. The first-order valence-electron chi connectivity index (χ1n) is 13.0. The van der Waals surface area contributed by atoms with Crippen LogP contribution in [0.1, 0.15) is 0 Å². The lowest BCUT2D eigenvalue weighted by molar-refractivity contribution is 0.482. The normalized spacial score (nSPS) is 11.5. The summed E-state index contributed by atoms with van der Waals surface area (Å²) in [7, 11) is -0.228. The van der Waals surface area contributed by atoms with E-state index in [-0.39, 0.29) is 10.9 Å². The van der Waals surface area contributed by atoms with Gasteiger partial charge in [-0.15, -0.1) is 0 Å². The molecule has 40 heavy (non-hydrogen) atoms. The van der Waals surface area contributed by atoms with E-state index in [1.807, 2.05) is 72.8 Å². The Morgan fingerprint density at radius 2 is 0.650 bits per heavy atom. The highest BCUT2D eigenvalue weighted by Crippen LogP contribution is 2.35. The third-order valence-electron chi connectivity index (χ3n) is 6.12. The summed E-state index contributed by atoms with van der Waals surface area (Å²) >= 11 is 1.75. The lowest BCUT2D eigenvalue weighted by atomic mass is 10.3. The smallest absolute Gasteiger partial charge is 0.166 e. The summed E-state index contributed by atoms with van der Waals surface area (Å²) in [4.78, 5) is 6.18. The van der Waals surface area contributed by atoms with Gasteiger partial charge in [0.15, 0.2) is 14.7 Å². The minimum atomic E-state index is -0.228. The molecule has 0 aliphatic rings. The predicted molar refractivity (Wildman–Crippen MR) is 165 cm³/mol. The molecular formula is C36H27O2S2+. The van der Waals surface area contributed by atoms with Crippen LogP contribution >= 0.6 is 11.8 Å². The van der Waals surface area contributed by atoms with Crippen molar-refractivity contribution < 1.29 is 9.47 Å². The molecule has 2 nitrogen and oxygen atoms in total. The topological polar surface area (TPSA) is 18.5 Å². The molecule has 1 unspecified atom stereocenters. The summed E-state index contributed by atoms with van der Waals surface area (Å²) in [6.45, 7) is 0. The molecule has 0 amide bonds. The first-order chi connectivity index (χ1) is 19.8. The molecule has 0 aliphatic carbocycles. The summed E-state index contributed by atoms with van der Waals surface area (Å²) in [5.74, 6) is 3.34. The van der Waals surface area contributed by atoms with Crippen LogP contribution in [0.5, 0.6) is 23.0 Å². The van der Waals surface area contributed by atoms with Gasteiger partial charge in [-0.1, -0.05) is 66.4 Å². The average molecular weight is 556 g/mol. The van der Waals surface area contributed by atoms with Crippen LogP contribution in [0.25, 0.3) is 0 Å². The van der Waals surface area contributed by atoms with Crippen molar-refractivity contribution in [3.63, 3.8) is 0 Å². The van der Waals surface area contributed by atoms with Gasteiger partial charge >= 0.3 is 0 Å². The van der Waals surface area contributed by atoms with E-state index >= 15 is 0 Å². The highest BCUT2D eigenvalue weighted by Gasteiger charge is 2.28. The van der Waals surface area contributed by atoms with E-state index in [9.17, 15) is 0 Å². The lowest BCUT2D eigenvalue weighted by Crippen LogP contribution is -2.04. The number of benzene rings is 6. The maximum atomic E-state index is 6.03. The molecule has 6 rings (SSSR count). The molecular weight excluding hydrogens is 529 g/mol. The van der Waals surface area contributed by atoms with Crippen molar-refractivity contribution in [3.05, 3.63) is 164 Å². The monoisotopic (exact) mass is 555 g/mol. The quantitative estimate of drug-likeness (QED) is 0.165. The van der Waals surface area contributed by atoms with Crippen LogP contribution in [0.15, 0.2) is 188 Å². The number of ether oxygens (including phenoxy) is 2. The molecule has 0 N–H and O–H groups in total. The van der Waals surface area contributed by atoms with Crippen molar-refractivity contribution >= 4 is 22.7 Å². The van der Waals surface area contributed by atoms with Crippen molar-refractivity contribution in [2.45, 2.75) is 24.5 Å². The molecule has 0 radical (unpaired) electrons. The Morgan fingerprint density at radius 3 is 1.12 bits per heavy atom. The summed E-state index contributed by atoms with van der Waals surface area (Å²) in [5.41, 5.74) is 0. The molecule has 0 heterocycles. The van der Waals surface area contributed by atoms with Gasteiger partial charge in [-0.25, -0.2) is 0 Å². The number of para-hydroxylation sites is 2. The molecule has 194 valence electrons. The zero-order valence-electron chi connectivity index (χ0n) is 21.7. The SMILES string of the molecule is c1ccc(Oc2ccc(Sc3ccc([S+](c4ccccc4)c4ccc(Oc5ccccc5)cc4)cc3)cc2)cc1. The molecule has 4 heteroatoms. The van der Waals surface area contributed by atoms with Crippen LogP contribution in [0, 0.1) is 0 Å². The zero-order valence-corrected chi connectivity index (χ0v) is 23.4. The van der Waals surface area contributed by atoms with E-state index in [1.165, 1.54) is 24.5 Å². The number of hydrogen-bond donors (Lipinski definition) is 0. The van der Waals surface area contributed by atoms with Crippen molar-refractivity contribution in [1.29, 1.82) is 0 Å². The van der Waals surface area contributed by atoms with Crippen molar-refractivity contribution in [2.24, 2.45) is 0 Å². The Bertz CT molecular complexity index is 1620. The minimum Gasteiger partial charge on any atom is -0.457 e. The second kappa shape index (κ2) is 12.6. The molecule has 0 fully saturated rings. The van der Waals surface area contributed by atoms with Gasteiger partial charge in [0.2, 0.25) is 0 Å². The van der Waals surface area contributed by atoms with E-state index in [0.717, 1.165) is 23.0 Å². The predicted octanol–water partition coefficient (Wildman–Crippen LogP) is 10.5. The first kappa shape index (κ1) is 25.9. The summed E-state index contributed by atoms with van der Waals surface area (Å²) < 4.78 is 12.0. The largest absolute Gasteiger partial charge is 0.457 e. The molecule has 0 aromatic heterocycles. The summed E-state index contributed by atoms with van der Waals surface area (Å²) in [6, 6.07) is 56.1. The van der Waals surface area contributed by atoms with Crippen LogP contribution in [-0.2, 0) is 10.9 Å². The van der Waals surface area contributed by atoms with Crippen molar-refractivity contribution in [2.75, 3.05) is 0 Å². The van der Waals surface area contributed by atoms with E-state index in [0.29, 0.717) is 0 Å². The highest BCUT2D eigenvalue weighted by molar-refractivity contribution is 7.99. The Balaban J connectivity index is 1.18. The van der Waals surface area contributed by atoms with Gasteiger partial charge in [0.25, 0.3) is 0 Å². The van der Waals surface area contributed by atoms with Crippen molar-refractivity contribution in [3.8, 4) is 23.0 Å². The number of rotatable bonds is 9. The van der Waals surface area contributed by atoms with Crippen LogP contribution in [0.2, 0.25) is 0 Å². The van der Waals surface area contributed by atoms with Crippen LogP contribution in [-0.4, -0.2) is 0 Å². The Hall–Kier alpha value is -4.38.